The molecule has 1 unspecified atom stereocenters. The molecule has 9 heteroatoms. The number of aliphatic imine (C=N–C) groups is 1. The van der Waals surface area contributed by atoms with Gasteiger partial charge in [0.15, 0.2) is 5.96 Å². The first-order valence-corrected chi connectivity index (χ1v) is 11.3. The number of ether oxygens (including phenoxy) is 2. The molecular weight excluding hydrogens is 521 g/mol. The summed E-state index contributed by atoms with van der Waals surface area (Å²) in [6.45, 7) is 5.99. The molecule has 0 radical (unpaired) electrons. The first-order valence-electron chi connectivity index (χ1n) is 11.3. The van der Waals surface area contributed by atoms with Crippen molar-refractivity contribution in [2.75, 3.05) is 67.1 Å². The van der Waals surface area contributed by atoms with Gasteiger partial charge in [-0.1, -0.05) is 12.1 Å². The smallest absolute Gasteiger partial charge is 0.220 e. The highest BCUT2D eigenvalue weighted by Gasteiger charge is 2.26. The van der Waals surface area contributed by atoms with E-state index >= 15 is 0 Å². The second kappa shape index (κ2) is 13.8. The second-order valence-corrected chi connectivity index (χ2v) is 8.17. The molecule has 1 amide bonds. The van der Waals surface area contributed by atoms with Gasteiger partial charge in [0.25, 0.3) is 0 Å². The van der Waals surface area contributed by atoms with Crippen LogP contribution in [0.2, 0.25) is 0 Å². The van der Waals surface area contributed by atoms with Crippen LogP contribution in [-0.2, 0) is 9.53 Å². The molecule has 0 bridgehead atoms. The molecule has 0 aromatic heterocycles. The van der Waals surface area contributed by atoms with Gasteiger partial charge in [-0.05, 0) is 36.5 Å². The van der Waals surface area contributed by atoms with Crippen LogP contribution in [0, 0.1) is 5.92 Å². The zero-order chi connectivity index (χ0) is 22.1. The van der Waals surface area contributed by atoms with Gasteiger partial charge in [-0.25, -0.2) is 0 Å². The van der Waals surface area contributed by atoms with Crippen molar-refractivity contribution in [1.82, 2.24) is 20.4 Å². The van der Waals surface area contributed by atoms with E-state index in [1.165, 1.54) is 5.56 Å². The van der Waals surface area contributed by atoms with E-state index in [2.05, 4.69) is 37.6 Å². The maximum atomic E-state index is 11.7. The summed E-state index contributed by atoms with van der Waals surface area (Å²) in [7, 11) is 5.24. The van der Waals surface area contributed by atoms with E-state index in [0.29, 0.717) is 12.3 Å². The summed E-state index contributed by atoms with van der Waals surface area (Å²) < 4.78 is 10.9. The van der Waals surface area contributed by atoms with Crippen molar-refractivity contribution in [1.29, 1.82) is 0 Å². The molecule has 2 saturated heterocycles. The Balaban J connectivity index is 0.00000363. The van der Waals surface area contributed by atoms with Crippen LogP contribution < -0.4 is 15.4 Å². The minimum absolute atomic E-state index is 0. The second-order valence-electron chi connectivity index (χ2n) is 8.17. The van der Waals surface area contributed by atoms with E-state index in [0.717, 1.165) is 70.5 Å². The lowest BCUT2D eigenvalue weighted by molar-refractivity contribution is -0.121. The highest BCUT2D eigenvalue weighted by atomic mass is 127. The topological polar surface area (TPSA) is 78.4 Å². The molecule has 1 atom stereocenters. The lowest BCUT2D eigenvalue weighted by Crippen LogP contribution is -2.49. The third-order valence-corrected chi connectivity index (χ3v) is 6.32. The maximum absolute atomic E-state index is 11.7. The largest absolute Gasteiger partial charge is 0.497 e. The SMILES string of the molecule is CN=C(NCC(c1ccc(OC)cc1)N1CCOCC1)N1CCC(CC(=O)NC)CC1.I. The number of hydrogen-bond donors (Lipinski definition) is 2. The number of nitrogens with zero attached hydrogens (tertiary/aromatic N) is 3. The van der Waals surface area contributed by atoms with Crippen molar-refractivity contribution in [3.63, 3.8) is 0 Å². The van der Waals surface area contributed by atoms with E-state index in [1.807, 2.05) is 19.2 Å². The summed E-state index contributed by atoms with van der Waals surface area (Å²) in [5, 5.41) is 6.35. The predicted molar refractivity (Wildman–Crippen MR) is 138 cm³/mol. The van der Waals surface area contributed by atoms with Gasteiger partial charge in [-0.3, -0.25) is 14.7 Å². The number of morpholine rings is 1. The zero-order valence-corrected chi connectivity index (χ0v) is 21.8. The lowest BCUT2D eigenvalue weighted by Gasteiger charge is -2.37. The Morgan fingerprint density at radius 2 is 1.84 bits per heavy atom. The average Bonchev–Trinajstić information content (AvgIpc) is 2.83. The van der Waals surface area contributed by atoms with Crippen LogP contribution in [0.5, 0.6) is 5.75 Å². The van der Waals surface area contributed by atoms with Crippen molar-refractivity contribution in [2.24, 2.45) is 10.9 Å². The Kier molecular flexibility index (Phi) is 11.5. The molecule has 3 rings (SSSR count). The summed E-state index contributed by atoms with van der Waals surface area (Å²) in [6, 6.07) is 8.57. The van der Waals surface area contributed by atoms with Crippen molar-refractivity contribution in [2.45, 2.75) is 25.3 Å². The number of nitrogens with one attached hydrogen (secondary N) is 2. The minimum Gasteiger partial charge on any atom is -0.497 e. The third kappa shape index (κ3) is 7.48. The Bertz CT molecular complexity index is 717. The van der Waals surface area contributed by atoms with Crippen molar-refractivity contribution >= 4 is 35.8 Å². The third-order valence-electron chi connectivity index (χ3n) is 6.32. The van der Waals surface area contributed by atoms with Crippen molar-refractivity contribution < 1.29 is 14.3 Å². The fourth-order valence-corrected chi connectivity index (χ4v) is 4.41. The number of benzene rings is 1. The van der Waals surface area contributed by atoms with Crippen LogP contribution >= 0.6 is 24.0 Å². The summed E-state index contributed by atoms with van der Waals surface area (Å²) in [4.78, 5) is 21.0. The number of piperidine rings is 1. The fraction of sp³-hybridized carbons (Fsp3) is 0.652. The highest BCUT2D eigenvalue weighted by molar-refractivity contribution is 14.0. The van der Waals surface area contributed by atoms with Crippen molar-refractivity contribution in [3.05, 3.63) is 29.8 Å². The normalized spacial score (nSPS) is 19.1. The van der Waals surface area contributed by atoms with Crippen LogP contribution in [0.15, 0.2) is 29.3 Å². The Hall–Kier alpha value is -1.59. The molecule has 2 N–H and O–H groups in total. The first-order chi connectivity index (χ1) is 15.1. The number of hydrogen-bond acceptors (Lipinski definition) is 5. The van der Waals surface area contributed by atoms with Crippen molar-refractivity contribution in [3.8, 4) is 5.75 Å². The van der Waals surface area contributed by atoms with Crippen LogP contribution in [-0.4, -0.2) is 88.8 Å². The summed E-state index contributed by atoms with van der Waals surface area (Å²) in [5.41, 5.74) is 1.26. The maximum Gasteiger partial charge on any atom is 0.220 e. The lowest BCUT2D eigenvalue weighted by atomic mass is 9.93. The molecule has 1 aromatic carbocycles. The molecule has 0 spiro atoms. The first kappa shape index (κ1) is 26.7. The molecule has 2 fully saturated rings. The molecule has 2 aliphatic rings. The molecule has 8 nitrogen and oxygen atoms in total. The van der Waals surface area contributed by atoms with Crippen LogP contribution in [0.4, 0.5) is 0 Å². The number of likely N-dealkylation sites (tertiary alicyclic amines) is 1. The van der Waals surface area contributed by atoms with Gasteiger partial charge < -0.3 is 25.0 Å². The fourth-order valence-electron chi connectivity index (χ4n) is 4.41. The quantitative estimate of drug-likeness (QED) is 0.303. The Morgan fingerprint density at radius 3 is 2.41 bits per heavy atom. The molecule has 32 heavy (non-hydrogen) atoms. The molecule has 180 valence electrons. The number of carbonyl (C=O) groups is 1. The van der Waals surface area contributed by atoms with Gasteiger partial charge in [-0.2, -0.15) is 0 Å². The van der Waals surface area contributed by atoms with Gasteiger partial charge in [0, 0.05) is 53.2 Å². The van der Waals surface area contributed by atoms with Gasteiger partial charge >= 0.3 is 0 Å². The Morgan fingerprint density at radius 1 is 1.19 bits per heavy atom. The zero-order valence-electron chi connectivity index (χ0n) is 19.5. The number of amides is 1. The summed E-state index contributed by atoms with van der Waals surface area (Å²) in [6.07, 6.45) is 2.64. The highest BCUT2D eigenvalue weighted by Crippen LogP contribution is 2.24. The van der Waals surface area contributed by atoms with Crippen LogP contribution in [0.25, 0.3) is 0 Å². The molecule has 0 aliphatic carbocycles. The summed E-state index contributed by atoms with van der Waals surface area (Å²) >= 11 is 0. The number of methoxy groups -OCH3 is 1. The predicted octanol–water partition coefficient (Wildman–Crippen LogP) is 2.11. The van der Waals surface area contributed by atoms with Crippen LogP contribution in [0.3, 0.4) is 0 Å². The molecule has 2 heterocycles. The van der Waals surface area contributed by atoms with E-state index in [-0.39, 0.29) is 35.9 Å². The molecule has 2 aliphatic heterocycles. The van der Waals surface area contributed by atoms with Gasteiger partial charge in [0.05, 0.1) is 26.4 Å². The average molecular weight is 559 g/mol. The van der Waals surface area contributed by atoms with Gasteiger partial charge in [0.1, 0.15) is 5.75 Å². The minimum atomic E-state index is 0. The Labute approximate surface area is 209 Å². The molecule has 0 saturated carbocycles. The number of carbonyl (C=O) groups excluding carboxylic acids is 1. The van der Waals surface area contributed by atoms with Gasteiger partial charge in [0.2, 0.25) is 5.91 Å². The summed E-state index contributed by atoms with van der Waals surface area (Å²) in [5.74, 6) is 2.39. The number of guanidine groups is 1. The van der Waals surface area contributed by atoms with E-state index in [9.17, 15) is 4.79 Å². The van der Waals surface area contributed by atoms with Gasteiger partial charge in [-0.15, -0.1) is 24.0 Å². The number of halogens is 1. The standard InChI is InChI=1S/C23H37N5O3.HI/c1-24-22(29)16-18-8-10-28(11-9-18)23(25-2)26-17-21(27-12-14-31-15-13-27)19-4-6-20(30-3)7-5-19;/h4-7,18,21H,8-17H2,1-3H3,(H,24,29)(H,25,26);1H. The molecular formula is C23H38IN5O3. The van der Waals surface area contributed by atoms with E-state index in [4.69, 9.17) is 9.47 Å². The monoisotopic (exact) mass is 559 g/mol. The molecule has 1 aromatic rings. The van der Waals surface area contributed by atoms with E-state index < -0.39 is 0 Å². The van der Waals surface area contributed by atoms with E-state index in [1.54, 1.807) is 14.2 Å². The number of rotatable bonds is 7. The van der Waals surface area contributed by atoms with Crippen LogP contribution in [0.1, 0.15) is 30.9 Å².